The predicted molar refractivity (Wildman–Crippen MR) is 95.3 cm³/mol. The lowest BCUT2D eigenvalue weighted by molar-refractivity contribution is 0.280. The number of halogens is 1. The van der Waals surface area contributed by atoms with Crippen LogP contribution in [0.3, 0.4) is 0 Å². The molecule has 124 valence electrons. The lowest BCUT2D eigenvalue weighted by Crippen LogP contribution is -2.19. The second kappa shape index (κ2) is 8.80. The summed E-state index contributed by atoms with van der Waals surface area (Å²) in [5, 5.41) is 4.15. The predicted octanol–water partition coefficient (Wildman–Crippen LogP) is 4.67. The van der Waals surface area contributed by atoms with Gasteiger partial charge in [0.1, 0.15) is 6.61 Å². The van der Waals surface area contributed by atoms with E-state index in [1.807, 2.05) is 36.4 Å². The van der Waals surface area contributed by atoms with Gasteiger partial charge >= 0.3 is 0 Å². The largest absolute Gasteiger partial charge is 0.493 e. The van der Waals surface area contributed by atoms with Gasteiger partial charge in [-0.3, -0.25) is 0 Å². The van der Waals surface area contributed by atoms with Gasteiger partial charge in [0.05, 0.1) is 7.11 Å². The van der Waals surface area contributed by atoms with Crippen molar-refractivity contribution in [2.24, 2.45) is 5.92 Å². The number of ether oxygens (including phenoxy) is 2. The molecule has 0 heterocycles. The van der Waals surface area contributed by atoms with Crippen LogP contribution in [0.2, 0.25) is 5.02 Å². The Hall–Kier alpha value is -1.71. The van der Waals surface area contributed by atoms with Crippen LogP contribution < -0.4 is 14.8 Å². The summed E-state index contributed by atoms with van der Waals surface area (Å²) >= 11 is 6.20. The van der Waals surface area contributed by atoms with Crippen LogP contribution in [0, 0.1) is 5.92 Å². The van der Waals surface area contributed by atoms with Crippen molar-refractivity contribution in [2.75, 3.05) is 13.7 Å². The van der Waals surface area contributed by atoms with Crippen molar-refractivity contribution < 1.29 is 9.47 Å². The van der Waals surface area contributed by atoms with Gasteiger partial charge in [-0.2, -0.15) is 0 Å². The minimum absolute atomic E-state index is 0.414. The first-order chi connectivity index (χ1) is 11.1. The van der Waals surface area contributed by atoms with E-state index in [-0.39, 0.29) is 0 Å². The second-order valence-corrected chi connectivity index (χ2v) is 6.26. The minimum atomic E-state index is 0.414. The average molecular weight is 334 g/mol. The third-order valence-electron chi connectivity index (χ3n) is 3.48. The third kappa shape index (κ3) is 5.15. The highest BCUT2D eigenvalue weighted by molar-refractivity contribution is 6.31. The lowest BCUT2D eigenvalue weighted by atomic mass is 10.1. The zero-order valence-corrected chi connectivity index (χ0v) is 14.7. The van der Waals surface area contributed by atoms with Gasteiger partial charge in [-0.15, -0.1) is 0 Å². The van der Waals surface area contributed by atoms with Crippen LogP contribution >= 0.6 is 11.6 Å². The molecule has 2 aromatic carbocycles. The van der Waals surface area contributed by atoms with Crippen molar-refractivity contribution in [3.05, 3.63) is 58.6 Å². The molecule has 0 saturated heterocycles. The number of hydrogen-bond donors (Lipinski definition) is 1. The number of hydrogen-bond acceptors (Lipinski definition) is 3. The highest BCUT2D eigenvalue weighted by Crippen LogP contribution is 2.32. The van der Waals surface area contributed by atoms with Crippen LogP contribution in [0.4, 0.5) is 0 Å². The molecule has 0 aliphatic rings. The van der Waals surface area contributed by atoms with Crippen molar-refractivity contribution in [3.63, 3.8) is 0 Å². The van der Waals surface area contributed by atoms with Crippen molar-refractivity contribution >= 4 is 11.6 Å². The maximum Gasteiger partial charge on any atom is 0.166 e. The highest BCUT2D eigenvalue weighted by atomic mass is 35.5. The summed E-state index contributed by atoms with van der Waals surface area (Å²) in [6, 6.07) is 13.6. The van der Waals surface area contributed by atoms with Crippen molar-refractivity contribution in [3.8, 4) is 11.5 Å². The SMILES string of the molecule is COc1cccc(CNCC(C)C)c1OCc1ccccc1Cl. The molecular weight excluding hydrogens is 310 g/mol. The summed E-state index contributed by atoms with van der Waals surface area (Å²) in [7, 11) is 1.66. The molecule has 0 aliphatic heterocycles. The van der Waals surface area contributed by atoms with Gasteiger partial charge in [-0.1, -0.05) is 55.8 Å². The van der Waals surface area contributed by atoms with Crippen LogP contribution in [0.15, 0.2) is 42.5 Å². The molecule has 2 rings (SSSR count). The first-order valence-electron chi connectivity index (χ1n) is 7.84. The Morgan fingerprint density at radius 2 is 1.78 bits per heavy atom. The average Bonchev–Trinajstić information content (AvgIpc) is 2.54. The van der Waals surface area contributed by atoms with E-state index in [4.69, 9.17) is 21.1 Å². The molecule has 0 aliphatic carbocycles. The van der Waals surface area contributed by atoms with E-state index in [9.17, 15) is 0 Å². The number of rotatable bonds is 8. The zero-order valence-electron chi connectivity index (χ0n) is 13.9. The van der Waals surface area contributed by atoms with Crippen LogP contribution in [-0.4, -0.2) is 13.7 Å². The van der Waals surface area contributed by atoms with Crippen molar-refractivity contribution in [1.29, 1.82) is 0 Å². The number of nitrogens with one attached hydrogen (secondary N) is 1. The summed E-state index contributed by atoms with van der Waals surface area (Å²) in [5.41, 5.74) is 2.04. The molecule has 2 aromatic rings. The van der Waals surface area contributed by atoms with Crippen LogP contribution in [0.5, 0.6) is 11.5 Å². The number of methoxy groups -OCH3 is 1. The molecule has 3 nitrogen and oxygen atoms in total. The molecule has 4 heteroatoms. The van der Waals surface area contributed by atoms with E-state index in [1.54, 1.807) is 7.11 Å². The Balaban J connectivity index is 2.13. The molecule has 0 fully saturated rings. The summed E-state index contributed by atoms with van der Waals surface area (Å²) < 4.78 is 11.5. The molecule has 0 radical (unpaired) electrons. The fraction of sp³-hybridized carbons (Fsp3) is 0.368. The van der Waals surface area contributed by atoms with Gasteiger partial charge < -0.3 is 14.8 Å². The molecule has 23 heavy (non-hydrogen) atoms. The monoisotopic (exact) mass is 333 g/mol. The third-order valence-corrected chi connectivity index (χ3v) is 3.85. The quantitative estimate of drug-likeness (QED) is 0.761. The molecule has 0 atom stereocenters. The normalized spacial score (nSPS) is 10.8. The van der Waals surface area contributed by atoms with Crippen LogP contribution in [0.25, 0.3) is 0 Å². The van der Waals surface area contributed by atoms with Gasteiger partial charge in [0.15, 0.2) is 11.5 Å². The smallest absolute Gasteiger partial charge is 0.166 e. The first kappa shape index (κ1) is 17.6. The fourth-order valence-corrected chi connectivity index (χ4v) is 2.48. The van der Waals surface area contributed by atoms with Crippen molar-refractivity contribution in [1.82, 2.24) is 5.32 Å². The molecule has 1 N–H and O–H groups in total. The molecule has 0 unspecified atom stereocenters. The Morgan fingerprint density at radius 1 is 1.04 bits per heavy atom. The van der Waals surface area contributed by atoms with Crippen LogP contribution in [-0.2, 0) is 13.2 Å². The Morgan fingerprint density at radius 3 is 2.48 bits per heavy atom. The van der Waals surface area contributed by atoms with Gasteiger partial charge in [-0.25, -0.2) is 0 Å². The summed E-state index contributed by atoms with van der Waals surface area (Å²) in [6.45, 7) is 6.49. The molecule has 0 aromatic heterocycles. The topological polar surface area (TPSA) is 30.5 Å². The fourth-order valence-electron chi connectivity index (χ4n) is 2.29. The van der Waals surface area contributed by atoms with E-state index in [0.29, 0.717) is 17.5 Å². The number of para-hydroxylation sites is 1. The van der Waals surface area contributed by atoms with E-state index < -0.39 is 0 Å². The standard InChI is InChI=1S/C19H24ClNO2/c1-14(2)11-21-12-15-8-6-10-18(22-3)19(15)23-13-16-7-4-5-9-17(16)20/h4-10,14,21H,11-13H2,1-3H3. The Labute approximate surface area is 143 Å². The van der Waals surface area contributed by atoms with Gasteiger partial charge in [-0.05, 0) is 24.6 Å². The Bertz CT molecular complexity index is 629. The number of benzene rings is 2. The van der Waals surface area contributed by atoms with Crippen molar-refractivity contribution in [2.45, 2.75) is 27.0 Å². The zero-order chi connectivity index (χ0) is 16.7. The minimum Gasteiger partial charge on any atom is -0.493 e. The maximum atomic E-state index is 6.20. The summed E-state index contributed by atoms with van der Waals surface area (Å²) in [6.07, 6.45) is 0. The lowest BCUT2D eigenvalue weighted by Gasteiger charge is -2.16. The van der Waals surface area contributed by atoms with Crippen LogP contribution in [0.1, 0.15) is 25.0 Å². The van der Waals surface area contributed by atoms with Gasteiger partial charge in [0, 0.05) is 22.7 Å². The maximum absolute atomic E-state index is 6.20. The van der Waals surface area contributed by atoms with Gasteiger partial charge in [0.25, 0.3) is 0 Å². The second-order valence-electron chi connectivity index (χ2n) is 5.85. The van der Waals surface area contributed by atoms with Gasteiger partial charge in [0.2, 0.25) is 0 Å². The summed E-state index contributed by atoms with van der Waals surface area (Å²) in [5.74, 6) is 2.11. The van der Waals surface area contributed by atoms with E-state index in [0.717, 1.165) is 35.7 Å². The summed E-state index contributed by atoms with van der Waals surface area (Å²) in [4.78, 5) is 0. The highest BCUT2D eigenvalue weighted by Gasteiger charge is 2.11. The van der Waals surface area contributed by atoms with E-state index in [2.05, 4.69) is 25.2 Å². The Kier molecular flexibility index (Phi) is 6.75. The van der Waals surface area contributed by atoms with E-state index in [1.165, 1.54) is 0 Å². The molecule has 0 spiro atoms. The molecular formula is C19H24ClNO2. The molecule has 0 bridgehead atoms. The van der Waals surface area contributed by atoms with E-state index >= 15 is 0 Å². The first-order valence-corrected chi connectivity index (χ1v) is 8.22. The molecule has 0 amide bonds. The molecule has 0 saturated carbocycles.